The lowest BCUT2D eigenvalue weighted by Crippen LogP contribution is -2.44. The molecule has 0 aliphatic carbocycles. The van der Waals surface area contributed by atoms with Crippen molar-refractivity contribution in [2.24, 2.45) is 0 Å². The lowest BCUT2D eigenvalue weighted by molar-refractivity contribution is 0.0217. The van der Waals surface area contributed by atoms with Gasteiger partial charge in [-0.25, -0.2) is 23.2 Å². The molecule has 3 N–H and O–H groups in total. The first-order valence-corrected chi connectivity index (χ1v) is 13.2. The van der Waals surface area contributed by atoms with Crippen LogP contribution in [0, 0.1) is 0 Å². The minimum Gasteiger partial charge on any atom is -0.508 e. The third-order valence-corrected chi connectivity index (χ3v) is 8.21. The van der Waals surface area contributed by atoms with Crippen LogP contribution < -0.4 is 5.73 Å². The van der Waals surface area contributed by atoms with E-state index in [2.05, 4.69) is 9.97 Å². The normalized spacial score (nSPS) is 15.0. The summed E-state index contributed by atoms with van der Waals surface area (Å²) in [5, 5.41) is 9.21. The Bertz CT molecular complexity index is 1360. The van der Waals surface area contributed by atoms with E-state index < -0.39 is 26.8 Å². The van der Waals surface area contributed by atoms with Crippen molar-refractivity contribution in [2.75, 3.05) is 18.8 Å². The molecule has 0 unspecified atom stereocenters. The van der Waals surface area contributed by atoms with Gasteiger partial charge in [-0.05, 0) is 57.9 Å². The molecule has 10 heteroatoms. The molecule has 1 aliphatic heterocycles. The van der Waals surface area contributed by atoms with E-state index in [9.17, 15) is 18.3 Å². The minimum absolute atomic E-state index is 0.0885. The number of hydrogen-bond donors (Lipinski definition) is 2. The van der Waals surface area contributed by atoms with Crippen molar-refractivity contribution in [3.8, 4) is 28.3 Å². The van der Waals surface area contributed by atoms with Gasteiger partial charge in [0, 0.05) is 24.2 Å². The van der Waals surface area contributed by atoms with Gasteiger partial charge in [-0.1, -0.05) is 24.3 Å². The summed E-state index contributed by atoms with van der Waals surface area (Å²) in [5.41, 5.74) is 7.67. The first-order chi connectivity index (χ1) is 16.9. The van der Waals surface area contributed by atoms with Gasteiger partial charge in [-0.2, -0.15) is 0 Å². The van der Waals surface area contributed by atoms with Gasteiger partial charge in [0.15, 0.2) is 9.84 Å². The number of piperidine rings is 1. The van der Waals surface area contributed by atoms with Crippen LogP contribution in [0.25, 0.3) is 22.5 Å². The molecule has 4 rings (SSSR count). The lowest BCUT2D eigenvalue weighted by atomic mass is 10.1. The monoisotopic (exact) mass is 510 g/mol. The first kappa shape index (κ1) is 25.4. The first-order valence-electron chi connectivity index (χ1n) is 11.7. The Hall–Kier alpha value is -3.66. The van der Waals surface area contributed by atoms with Crippen LogP contribution in [0.1, 0.15) is 33.6 Å². The summed E-state index contributed by atoms with van der Waals surface area (Å²) in [6.45, 7) is 6.06. The Morgan fingerprint density at radius 1 is 1.08 bits per heavy atom. The highest BCUT2D eigenvalue weighted by atomic mass is 32.2. The molecule has 0 spiro atoms. The van der Waals surface area contributed by atoms with Crippen LogP contribution in [0.15, 0.2) is 59.6 Å². The molecule has 2 aromatic carbocycles. The summed E-state index contributed by atoms with van der Waals surface area (Å²) in [6, 6.07) is 13.1. The Morgan fingerprint density at radius 2 is 1.75 bits per heavy atom. The predicted molar refractivity (Wildman–Crippen MR) is 137 cm³/mol. The molecule has 1 aliphatic rings. The fraction of sp³-hybridized carbons (Fsp3) is 0.346. The lowest BCUT2D eigenvalue weighted by Gasteiger charge is -2.33. The number of benzene rings is 2. The fourth-order valence-electron chi connectivity index (χ4n) is 4.09. The summed E-state index contributed by atoms with van der Waals surface area (Å²) in [6.07, 6.45) is 1.80. The van der Waals surface area contributed by atoms with Crippen LogP contribution in [0.4, 0.5) is 10.6 Å². The van der Waals surface area contributed by atoms with Crippen LogP contribution in [0.5, 0.6) is 5.75 Å². The zero-order chi connectivity index (χ0) is 26.1. The van der Waals surface area contributed by atoms with E-state index in [1.807, 2.05) is 0 Å². The maximum Gasteiger partial charge on any atom is 0.410 e. The Kier molecular flexibility index (Phi) is 6.90. The Labute approximate surface area is 210 Å². The molecule has 3 aromatic rings. The number of phenolic OH excluding ortho intramolecular Hbond substituents is 1. The van der Waals surface area contributed by atoms with E-state index in [0.29, 0.717) is 48.4 Å². The number of carbonyl (C=O) groups excluding carboxylic acids is 1. The number of rotatable bonds is 4. The number of hydrogen-bond acceptors (Lipinski definition) is 8. The standard InChI is InChI=1S/C26H30N4O5S/c1-26(2,3)35-25(32)30-13-11-21(12-14-30)36(33,34)20-9-7-17(8-10-20)22-16-28-24(27)23(29-22)18-5-4-6-19(31)15-18/h4-10,15-16,21,31H,11-14H2,1-3H3,(H2,27,28). The number of likely N-dealkylation sites (tertiary alicyclic amines) is 1. The number of phenols is 1. The van der Waals surface area contributed by atoms with Gasteiger partial charge in [0.1, 0.15) is 22.9 Å². The van der Waals surface area contributed by atoms with Gasteiger partial charge >= 0.3 is 6.09 Å². The summed E-state index contributed by atoms with van der Waals surface area (Å²) in [4.78, 5) is 22.9. The number of sulfone groups is 1. The maximum atomic E-state index is 13.3. The average Bonchev–Trinajstić information content (AvgIpc) is 2.83. The topological polar surface area (TPSA) is 136 Å². The SMILES string of the molecule is CC(C)(C)OC(=O)N1CCC(S(=O)(=O)c2ccc(-c3cnc(N)c(-c4cccc(O)c4)n3)cc2)CC1. The van der Waals surface area contributed by atoms with Crippen LogP contribution in [-0.4, -0.2) is 58.4 Å². The van der Waals surface area contributed by atoms with Crippen LogP contribution in [0.2, 0.25) is 0 Å². The Morgan fingerprint density at radius 3 is 2.36 bits per heavy atom. The highest BCUT2D eigenvalue weighted by Crippen LogP contribution is 2.30. The van der Waals surface area contributed by atoms with Crippen molar-refractivity contribution >= 4 is 21.7 Å². The van der Waals surface area contributed by atoms with Crippen molar-refractivity contribution < 1.29 is 23.1 Å². The maximum absolute atomic E-state index is 13.3. The van der Waals surface area contributed by atoms with Crippen molar-refractivity contribution in [1.82, 2.24) is 14.9 Å². The third-order valence-electron chi connectivity index (χ3n) is 5.93. The van der Waals surface area contributed by atoms with Crippen LogP contribution in [0.3, 0.4) is 0 Å². The zero-order valence-corrected chi connectivity index (χ0v) is 21.3. The molecule has 0 bridgehead atoms. The molecule has 0 saturated carbocycles. The molecule has 1 saturated heterocycles. The third kappa shape index (κ3) is 5.59. The van der Waals surface area contributed by atoms with Gasteiger partial charge in [-0.3, -0.25) is 0 Å². The molecule has 1 amide bonds. The highest BCUT2D eigenvalue weighted by Gasteiger charge is 2.34. The number of aromatic nitrogens is 2. The van der Waals surface area contributed by atoms with E-state index in [4.69, 9.17) is 10.5 Å². The van der Waals surface area contributed by atoms with Crippen LogP contribution in [-0.2, 0) is 14.6 Å². The van der Waals surface area contributed by atoms with Gasteiger partial charge in [-0.15, -0.1) is 0 Å². The largest absolute Gasteiger partial charge is 0.508 e. The smallest absolute Gasteiger partial charge is 0.410 e. The summed E-state index contributed by atoms with van der Waals surface area (Å²) < 4.78 is 31.9. The number of ether oxygens (including phenoxy) is 1. The van der Waals surface area contributed by atoms with E-state index in [-0.39, 0.29) is 16.5 Å². The molecule has 36 heavy (non-hydrogen) atoms. The molecule has 9 nitrogen and oxygen atoms in total. The number of nitrogen functional groups attached to an aromatic ring is 1. The second-order valence-corrected chi connectivity index (χ2v) is 12.0. The van der Waals surface area contributed by atoms with Crippen LogP contribution >= 0.6 is 0 Å². The van der Waals surface area contributed by atoms with E-state index in [1.165, 1.54) is 6.20 Å². The number of nitrogens with zero attached hydrogens (tertiary/aromatic N) is 3. The second kappa shape index (κ2) is 9.77. The number of nitrogens with two attached hydrogens (primary N) is 1. The summed E-state index contributed by atoms with van der Waals surface area (Å²) in [7, 11) is -3.57. The zero-order valence-electron chi connectivity index (χ0n) is 20.5. The molecule has 190 valence electrons. The van der Waals surface area contributed by atoms with E-state index in [1.54, 1.807) is 74.2 Å². The molecule has 1 fully saturated rings. The van der Waals surface area contributed by atoms with Crippen molar-refractivity contribution in [1.29, 1.82) is 0 Å². The molecule has 0 atom stereocenters. The van der Waals surface area contributed by atoms with Gasteiger partial charge in [0.05, 0.1) is 22.0 Å². The molecule has 0 radical (unpaired) electrons. The Balaban J connectivity index is 1.49. The second-order valence-electron chi connectivity index (χ2n) is 9.78. The van der Waals surface area contributed by atoms with Gasteiger partial charge in [0.25, 0.3) is 0 Å². The summed E-state index contributed by atoms with van der Waals surface area (Å²) in [5.74, 6) is 0.312. The average molecular weight is 511 g/mol. The summed E-state index contributed by atoms with van der Waals surface area (Å²) >= 11 is 0. The fourth-order valence-corrected chi connectivity index (χ4v) is 5.82. The van der Waals surface area contributed by atoms with Gasteiger partial charge < -0.3 is 20.5 Å². The van der Waals surface area contributed by atoms with Gasteiger partial charge in [0.2, 0.25) is 0 Å². The van der Waals surface area contributed by atoms with Crippen molar-refractivity contribution in [3.63, 3.8) is 0 Å². The van der Waals surface area contributed by atoms with Crippen molar-refractivity contribution in [3.05, 3.63) is 54.7 Å². The molecule has 1 aromatic heterocycles. The minimum atomic E-state index is -3.57. The molecule has 2 heterocycles. The number of anilines is 1. The predicted octanol–water partition coefficient (Wildman–Crippen LogP) is 4.27. The number of carbonyl (C=O) groups is 1. The van der Waals surface area contributed by atoms with E-state index in [0.717, 1.165) is 0 Å². The van der Waals surface area contributed by atoms with E-state index >= 15 is 0 Å². The number of aromatic hydroxyl groups is 1. The van der Waals surface area contributed by atoms with Crippen molar-refractivity contribution in [2.45, 2.75) is 49.4 Å². The molecular weight excluding hydrogens is 480 g/mol. The quantitative estimate of drug-likeness (QED) is 0.531. The number of amides is 1. The highest BCUT2D eigenvalue weighted by molar-refractivity contribution is 7.92. The molecular formula is C26H30N4O5S.